The summed E-state index contributed by atoms with van der Waals surface area (Å²) in [5, 5.41) is 3.39. The van der Waals surface area contributed by atoms with Gasteiger partial charge >= 0.3 is 0 Å². The topological polar surface area (TPSA) is 21.3 Å². The van der Waals surface area contributed by atoms with Crippen LogP contribution in [0.4, 0.5) is 0 Å². The van der Waals surface area contributed by atoms with Gasteiger partial charge in [0, 0.05) is 13.2 Å². The van der Waals surface area contributed by atoms with E-state index in [0.29, 0.717) is 11.5 Å². The summed E-state index contributed by atoms with van der Waals surface area (Å²) in [5.41, 5.74) is 0.612. The molecule has 0 bridgehead atoms. The number of nitrogens with one attached hydrogen (secondary N) is 1. The van der Waals surface area contributed by atoms with Crippen LogP contribution in [0.25, 0.3) is 0 Å². The van der Waals surface area contributed by atoms with Crippen LogP contribution in [0, 0.1) is 5.41 Å². The number of hydrogen-bond donors (Lipinski definition) is 1. The summed E-state index contributed by atoms with van der Waals surface area (Å²) in [6.07, 6.45) is 11.6. The average molecular weight is 211 g/mol. The quantitative estimate of drug-likeness (QED) is 0.755. The van der Waals surface area contributed by atoms with E-state index in [1.54, 1.807) is 0 Å². The van der Waals surface area contributed by atoms with E-state index in [2.05, 4.69) is 12.4 Å². The Labute approximate surface area is 93.8 Å². The predicted octanol–water partition coefficient (Wildman–Crippen LogP) is 2.73. The van der Waals surface area contributed by atoms with Crippen LogP contribution in [0.15, 0.2) is 0 Å². The van der Waals surface area contributed by atoms with Crippen molar-refractivity contribution in [2.24, 2.45) is 5.41 Å². The summed E-state index contributed by atoms with van der Waals surface area (Å²) in [4.78, 5) is 0. The first-order valence-electron chi connectivity index (χ1n) is 6.61. The predicted molar refractivity (Wildman–Crippen MR) is 63.0 cm³/mol. The number of hydrogen-bond acceptors (Lipinski definition) is 2. The Morgan fingerprint density at radius 3 is 2.67 bits per heavy atom. The minimum Gasteiger partial charge on any atom is -0.378 e. The molecular weight excluding hydrogens is 186 g/mol. The molecule has 1 aliphatic heterocycles. The van der Waals surface area contributed by atoms with Crippen molar-refractivity contribution in [3.63, 3.8) is 0 Å². The first kappa shape index (κ1) is 11.4. The Hall–Kier alpha value is -0.0800. The van der Waals surface area contributed by atoms with Crippen LogP contribution in [0.2, 0.25) is 0 Å². The molecule has 2 fully saturated rings. The summed E-state index contributed by atoms with van der Waals surface area (Å²) in [6.45, 7) is 2.21. The normalized spacial score (nSPS) is 29.8. The fourth-order valence-corrected chi connectivity index (χ4v) is 3.35. The van der Waals surface area contributed by atoms with Gasteiger partial charge in [-0.25, -0.2) is 0 Å². The molecule has 15 heavy (non-hydrogen) atoms. The lowest BCUT2D eigenvalue weighted by Crippen LogP contribution is -2.30. The zero-order chi connectivity index (χ0) is 10.6. The third kappa shape index (κ3) is 2.94. The zero-order valence-corrected chi connectivity index (χ0v) is 10.1. The molecule has 1 N–H and O–H groups in total. The van der Waals surface area contributed by atoms with Crippen molar-refractivity contribution >= 4 is 0 Å². The molecule has 1 unspecified atom stereocenters. The second-order valence-corrected chi connectivity index (χ2v) is 5.41. The van der Waals surface area contributed by atoms with E-state index in [9.17, 15) is 0 Å². The van der Waals surface area contributed by atoms with Crippen molar-refractivity contribution in [1.29, 1.82) is 0 Å². The van der Waals surface area contributed by atoms with Crippen LogP contribution in [0.3, 0.4) is 0 Å². The van der Waals surface area contributed by atoms with Gasteiger partial charge in [0.05, 0.1) is 6.10 Å². The van der Waals surface area contributed by atoms with E-state index in [4.69, 9.17) is 4.74 Å². The smallest absolute Gasteiger partial charge is 0.0576 e. The van der Waals surface area contributed by atoms with Gasteiger partial charge in [-0.05, 0) is 51.0 Å². The van der Waals surface area contributed by atoms with Gasteiger partial charge < -0.3 is 10.1 Å². The summed E-state index contributed by atoms with van der Waals surface area (Å²) in [7, 11) is 2.09. The summed E-state index contributed by atoms with van der Waals surface area (Å²) in [6, 6.07) is 0. The fourth-order valence-electron chi connectivity index (χ4n) is 3.35. The van der Waals surface area contributed by atoms with Gasteiger partial charge in [-0.3, -0.25) is 0 Å². The second kappa shape index (κ2) is 5.31. The van der Waals surface area contributed by atoms with Crippen LogP contribution in [0.1, 0.15) is 51.4 Å². The fraction of sp³-hybridized carbons (Fsp3) is 1.00. The van der Waals surface area contributed by atoms with Crippen LogP contribution >= 0.6 is 0 Å². The van der Waals surface area contributed by atoms with Crippen LogP contribution in [-0.2, 0) is 4.74 Å². The standard InChI is InChI=1S/C13H25NO/c1-14-11-13(7-2-3-8-13)9-6-12-5-4-10-15-12/h12,14H,2-11H2,1H3. The van der Waals surface area contributed by atoms with Crippen LogP contribution < -0.4 is 5.32 Å². The highest BCUT2D eigenvalue weighted by molar-refractivity contribution is 4.87. The molecular formula is C13H25NO. The van der Waals surface area contributed by atoms with Crippen molar-refractivity contribution in [2.45, 2.75) is 57.5 Å². The Morgan fingerprint density at radius 2 is 2.07 bits per heavy atom. The van der Waals surface area contributed by atoms with E-state index in [1.807, 2.05) is 0 Å². The summed E-state index contributed by atoms with van der Waals surface area (Å²) in [5.74, 6) is 0. The number of rotatable bonds is 5. The monoisotopic (exact) mass is 211 g/mol. The van der Waals surface area contributed by atoms with Gasteiger partial charge in [0.2, 0.25) is 0 Å². The molecule has 0 radical (unpaired) electrons. The molecule has 0 spiro atoms. The third-order valence-corrected chi connectivity index (χ3v) is 4.24. The van der Waals surface area contributed by atoms with E-state index in [-0.39, 0.29) is 0 Å². The maximum atomic E-state index is 5.72. The molecule has 1 saturated carbocycles. The van der Waals surface area contributed by atoms with E-state index >= 15 is 0 Å². The van der Waals surface area contributed by atoms with Crippen molar-refractivity contribution in [1.82, 2.24) is 5.32 Å². The van der Waals surface area contributed by atoms with E-state index in [0.717, 1.165) is 6.61 Å². The molecule has 2 heteroatoms. The second-order valence-electron chi connectivity index (χ2n) is 5.41. The van der Waals surface area contributed by atoms with Gasteiger partial charge in [0.25, 0.3) is 0 Å². The van der Waals surface area contributed by atoms with Crippen molar-refractivity contribution in [2.75, 3.05) is 20.2 Å². The van der Waals surface area contributed by atoms with E-state index in [1.165, 1.54) is 57.9 Å². The minimum absolute atomic E-state index is 0.583. The molecule has 0 aromatic heterocycles. The Morgan fingerprint density at radius 1 is 1.27 bits per heavy atom. The molecule has 0 aromatic rings. The SMILES string of the molecule is CNCC1(CCC2CCCO2)CCCC1. The first-order chi connectivity index (χ1) is 7.35. The number of ether oxygens (including phenoxy) is 1. The first-order valence-corrected chi connectivity index (χ1v) is 6.61. The summed E-state index contributed by atoms with van der Waals surface area (Å²) >= 11 is 0. The van der Waals surface area contributed by atoms with Gasteiger partial charge in [0.15, 0.2) is 0 Å². The molecule has 2 aliphatic rings. The van der Waals surface area contributed by atoms with Crippen molar-refractivity contribution < 1.29 is 4.74 Å². The van der Waals surface area contributed by atoms with Gasteiger partial charge in [-0.1, -0.05) is 12.8 Å². The highest BCUT2D eigenvalue weighted by atomic mass is 16.5. The van der Waals surface area contributed by atoms with Gasteiger partial charge in [0.1, 0.15) is 0 Å². The van der Waals surface area contributed by atoms with Gasteiger partial charge in [-0.15, -0.1) is 0 Å². The largest absolute Gasteiger partial charge is 0.378 e. The lowest BCUT2D eigenvalue weighted by atomic mass is 9.80. The lowest BCUT2D eigenvalue weighted by Gasteiger charge is -2.29. The Kier molecular flexibility index (Phi) is 4.04. The molecule has 0 amide bonds. The molecule has 1 heterocycles. The maximum absolute atomic E-state index is 5.72. The highest BCUT2D eigenvalue weighted by Crippen LogP contribution is 2.42. The molecule has 2 rings (SSSR count). The van der Waals surface area contributed by atoms with Crippen LogP contribution in [-0.4, -0.2) is 26.3 Å². The molecule has 0 aromatic carbocycles. The van der Waals surface area contributed by atoms with Gasteiger partial charge in [-0.2, -0.15) is 0 Å². The third-order valence-electron chi connectivity index (χ3n) is 4.24. The minimum atomic E-state index is 0.583. The molecule has 1 aliphatic carbocycles. The highest BCUT2D eigenvalue weighted by Gasteiger charge is 2.33. The van der Waals surface area contributed by atoms with Crippen LogP contribution in [0.5, 0.6) is 0 Å². The molecule has 2 nitrogen and oxygen atoms in total. The summed E-state index contributed by atoms with van der Waals surface area (Å²) < 4.78 is 5.72. The zero-order valence-electron chi connectivity index (χ0n) is 10.1. The van der Waals surface area contributed by atoms with Crippen molar-refractivity contribution in [3.8, 4) is 0 Å². The lowest BCUT2D eigenvalue weighted by molar-refractivity contribution is 0.0877. The Bertz CT molecular complexity index is 181. The molecule has 88 valence electrons. The Balaban J connectivity index is 1.78. The molecule has 1 atom stereocenters. The average Bonchev–Trinajstić information content (AvgIpc) is 2.85. The van der Waals surface area contributed by atoms with Crippen molar-refractivity contribution in [3.05, 3.63) is 0 Å². The van der Waals surface area contributed by atoms with E-state index < -0.39 is 0 Å². The molecule has 1 saturated heterocycles. The maximum Gasteiger partial charge on any atom is 0.0576 e.